The number of aliphatic hydroxyl groups excluding tert-OH is 1. The van der Waals surface area contributed by atoms with Gasteiger partial charge in [0.1, 0.15) is 12.4 Å². The quantitative estimate of drug-likeness (QED) is 0.791. The van der Waals surface area contributed by atoms with Gasteiger partial charge in [0, 0.05) is 12.1 Å². The first kappa shape index (κ1) is 12.6. The second-order valence-corrected chi connectivity index (χ2v) is 4.30. The second kappa shape index (κ2) is 5.65. The predicted molar refractivity (Wildman–Crippen MR) is 65.4 cm³/mol. The van der Waals surface area contributed by atoms with Crippen molar-refractivity contribution >= 4 is 5.91 Å². The minimum Gasteiger partial charge on any atom is -0.384 e. The van der Waals surface area contributed by atoms with Crippen LogP contribution in [0.15, 0.2) is 18.2 Å². The molecule has 94 valence electrons. The van der Waals surface area contributed by atoms with Crippen molar-refractivity contribution in [3.8, 4) is 11.8 Å². The Morgan fingerprint density at radius 2 is 2.28 bits per heavy atom. The van der Waals surface area contributed by atoms with Crippen molar-refractivity contribution in [2.24, 2.45) is 5.92 Å². The van der Waals surface area contributed by atoms with E-state index in [-0.39, 0.29) is 12.5 Å². The van der Waals surface area contributed by atoms with Crippen LogP contribution in [0, 0.1) is 23.6 Å². The maximum Gasteiger partial charge on any atom is 0.252 e. The zero-order valence-corrected chi connectivity index (χ0v) is 9.87. The molecule has 1 aliphatic rings. The van der Waals surface area contributed by atoms with E-state index in [0.717, 1.165) is 12.8 Å². The van der Waals surface area contributed by atoms with Crippen molar-refractivity contribution in [1.82, 2.24) is 5.32 Å². The molecule has 0 aromatic heterocycles. The summed E-state index contributed by atoms with van der Waals surface area (Å²) >= 11 is 0. The first-order valence-electron chi connectivity index (χ1n) is 5.88. The van der Waals surface area contributed by atoms with Gasteiger partial charge in [-0.1, -0.05) is 11.8 Å². The molecule has 0 heterocycles. The smallest absolute Gasteiger partial charge is 0.252 e. The fraction of sp³-hybridized carbons (Fsp3) is 0.357. The van der Waals surface area contributed by atoms with E-state index in [1.807, 2.05) is 0 Å². The maximum absolute atomic E-state index is 13.1. The van der Waals surface area contributed by atoms with Crippen molar-refractivity contribution in [2.45, 2.75) is 12.8 Å². The Balaban J connectivity index is 2.15. The Kier molecular flexibility index (Phi) is 3.96. The summed E-state index contributed by atoms with van der Waals surface area (Å²) in [5.74, 6) is 4.90. The number of hydrogen-bond donors (Lipinski definition) is 2. The summed E-state index contributed by atoms with van der Waals surface area (Å²) in [6.45, 7) is 0.336. The number of aliphatic hydroxyl groups is 1. The lowest BCUT2D eigenvalue weighted by Gasteiger charge is -2.06. The van der Waals surface area contributed by atoms with Gasteiger partial charge in [0.15, 0.2) is 0 Å². The molecule has 1 saturated carbocycles. The lowest BCUT2D eigenvalue weighted by molar-refractivity contribution is 0.0951. The van der Waals surface area contributed by atoms with Crippen LogP contribution in [0.1, 0.15) is 28.8 Å². The van der Waals surface area contributed by atoms with Gasteiger partial charge >= 0.3 is 0 Å². The first-order valence-corrected chi connectivity index (χ1v) is 5.88. The number of hydrogen-bond acceptors (Lipinski definition) is 2. The number of benzene rings is 1. The molecule has 0 aliphatic heterocycles. The molecule has 3 nitrogen and oxygen atoms in total. The zero-order chi connectivity index (χ0) is 13.0. The van der Waals surface area contributed by atoms with E-state index in [0.29, 0.717) is 23.6 Å². The van der Waals surface area contributed by atoms with Crippen LogP contribution >= 0.6 is 0 Å². The molecule has 1 fully saturated rings. The molecule has 0 atom stereocenters. The standard InChI is InChI=1S/C14H14FNO2/c15-12-5-6-13(11(8-12)2-1-7-17)14(18)16-9-10-3-4-10/h5-6,8,10,17H,3-4,7,9H2,(H,16,18). The van der Waals surface area contributed by atoms with Gasteiger partial charge < -0.3 is 10.4 Å². The summed E-state index contributed by atoms with van der Waals surface area (Å²) in [7, 11) is 0. The average molecular weight is 247 g/mol. The number of carbonyl (C=O) groups is 1. The Bertz CT molecular complexity index is 512. The average Bonchev–Trinajstić information content (AvgIpc) is 3.17. The van der Waals surface area contributed by atoms with E-state index in [4.69, 9.17) is 5.11 Å². The minimum absolute atomic E-state index is 0.246. The summed E-state index contributed by atoms with van der Waals surface area (Å²) in [5, 5.41) is 11.4. The van der Waals surface area contributed by atoms with E-state index in [1.54, 1.807) is 0 Å². The van der Waals surface area contributed by atoms with Gasteiger partial charge in [-0.25, -0.2) is 4.39 Å². The zero-order valence-electron chi connectivity index (χ0n) is 9.87. The summed E-state index contributed by atoms with van der Waals surface area (Å²) in [4.78, 5) is 11.9. The predicted octanol–water partition coefficient (Wildman–Crippen LogP) is 1.31. The van der Waals surface area contributed by atoms with Crippen molar-refractivity contribution in [3.63, 3.8) is 0 Å². The molecule has 0 radical (unpaired) electrons. The fourth-order valence-corrected chi connectivity index (χ4v) is 1.61. The molecule has 1 amide bonds. The van der Waals surface area contributed by atoms with Gasteiger partial charge in [-0.15, -0.1) is 0 Å². The van der Waals surface area contributed by atoms with Gasteiger partial charge in [0.05, 0.1) is 5.56 Å². The molecule has 0 unspecified atom stereocenters. The topological polar surface area (TPSA) is 49.3 Å². The van der Waals surface area contributed by atoms with Crippen molar-refractivity contribution in [2.75, 3.05) is 13.2 Å². The highest BCUT2D eigenvalue weighted by Crippen LogP contribution is 2.27. The Morgan fingerprint density at radius 3 is 2.94 bits per heavy atom. The summed E-state index contributed by atoms with van der Waals surface area (Å²) in [5.41, 5.74) is 0.648. The molecule has 1 aromatic carbocycles. The maximum atomic E-state index is 13.1. The second-order valence-electron chi connectivity index (χ2n) is 4.30. The van der Waals surface area contributed by atoms with Crippen LogP contribution in [0.5, 0.6) is 0 Å². The van der Waals surface area contributed by atoms with E-state index in [2.05, 4.69) is 17.2 Å². The van der Waals surface area contributed by atoms with Crippen molar-refractivity contribution in [1.29, 1.82) is 0 Å². The third-order valence-corrected chi connectivity index (χ3v) is 2.78. The van der Waals surface area contributed by atoms with Gasteiger partial charge in [0.25, 0.3) is 5.91 Å². The number of carbonyl (C=O) groups excluding carboxylic acids is 1. The highest BCUT2D eigenvalue weighted by Gasteiger charge is 2.22. The van der Waals surface area contributed by atoms with Gasteiger partial charge in [-0.3, -0.25) is 4.79 Å². The summed E-state index contributed by atoms with van der Waals surface area (Å²) in [6.07, 6.45) is 2.31. The molecular formula is C14H14FNO2. The normalized spacial score (nSPS) is 13.7. The van der Waals surface area contributed by atoms with Crippen LogP contribution in [0.3, 0.4) is 0 Å². The Labute approximate surface area is 105 Å². The molecule has 1 aromatic rings. The molecule has 4 heteroatoms. The third-order valence-electron chi connectivity index (χ3n) is 2.78. The SMILES string of the molecule is O=C(NCC1CC1)c1ccc(F)cc1C#CCO. The van der Waals surface area contributed by atoms with E-state index < -0.39 is 5.82 Å². The van der Waals surface area contributed by atoms with Gasteiger partial charge in [0.2, 0.25) is 0 Å². The molecule has 2 rings (SSSR count). The van der Waals surface area contributed by atoms with E-state index >= 15 is 0 Å². The fourth-order valence-electron chi connectivity index (χ4n) is 1.61. The number of nitrogens with one attached hydrogen (secondary N) is 1. The lowest BCUT2D eigenvalue weighted by Crippen LogP contribution is -2.26. The van der Waals surface area contributed by atoms with Crippen molar-refractivity contribution in [3.05, 3.63) is 35.1 Å². The van der Waals surface area contributed by atoms with Gasteiger partial charge in [-0.2, -0.15) is 0 Å². The number of halogens is 1. The van der Waals surface area contributed by atoms with Crippen LogP contribution in [0.25, 0.3) is 0 Å². The molecule has 18 heavy (non-hydrogen) atoms. The molecule has 1 aliphatic carbocycles. The van der Waals surface area contributed by atoms with Crippen LogP contribution < -0.4 is 5.32 Å². The lowest BCUT2D eigenvalue weighted by atomic mass is 10.1. The largest absolute Gasteiger partial charge is 0.384 e. The molecule has 0 spiro atoms. The first-order chi connectivity index (χ1) is 8.70. The summed E-state index contributed by atoms with van der Waals surface area (Å²) < 4.78 is 13.1. The molecule has 0 saturated heterocycles. The van der Waals surface area contributed by atoms with Crippen LogP contribution in [-0.4, -0.2) is 24.2 Å². The minimum atomic E-state index is -0.448. The van der Waals surface area contributed by atoms with E-state index in [9.17, 15) is 9.18 Å². The Morgan fingerprint density at radius 1 is 1.50 bits per heavy atom. The number of rotatable bonds is 3. The molecule has 2 N–H and O–H groups in total. The van der Waals surface area contributed by atoms with Gasteiger partial charge in [-0.05, 0) is 37.0 Å². The van der Waals surface area contributed by atoms with Crippen molar-refractivity contribution < 1.29 is 14.3 Å². The highest BCUT2D eigenvalue weighted by molar-refractivity contribution is 5.96. The number of amides is 1. The van der Waals surface area contributed by atoms with E-state index in [1.165, 1.54) is 18.2 Å². The monoisotopic (exact) mass is 247 g/mol. The molecule has 0 bridgehead atoms. The summed E-state index contributed by atoms with van der Waals surface area (Å²) in [6, 6.07) is 3.85. The highest BCUT2D eigenvalue weighted by atomic mass is 19.1. The molecular weight excluding hydrogens is 233 g/mol. The van der Waals surface area contributed by atoms with Crippen LogP contribution in [0.4, 0.5) is 4.39 Å². The van der Waals surface area contributed by atoms with Crippen LogP contribution in [0.2, 0.25) is 0 Å². The Hall–Kier alpha value is -1.86. The third kappa shape index (κ3) is 3.31. The van der Waals surface area contributed by atoms with Crippen LogP contribution in [-0.2, 0) is 0 Å².